The molecule has 82 valence electrons. The van der Waals surface area contributed by atoms with Crippen LogP contribution in [0.4, 0.5) is 0 Å². The third-order valence-corrected chi connectivity index (χ3v) is 5.78. The molecule has 1 aromatic carbocycles. The standard InChI is InChI=1S/C13H18SSe/c1-11(2)10-14-13(15-3)9-12-7-5-4-6-8-12/h4-9,11H,10H2,1-3H3/b13-9+. The molecule has 0 spiro atoms. The van der Waals surface area contributed by atoms with Crippen molar-refractivity contribution in [3.05, 3.63) is 39.7 Å². The van der Waals surface area contributed by atoms with Crippen molar-refractivity contribution in [3.63, 3.8) is 0 Å². The molecule has 0 saturated carbocycles. The Hall–Kier alpha value is -0.171. The number of hydrogen-bond donors (Lipinski definition) is 0. The van der Waals surface area contributed by atoms with Crippen molar-refractivity contribution in [2.45, 2.75) is 19.7 Å². The normalized spacial score (nSPS) is 12.1. The van der Waals surface area contributed by atoms with Gasteiger partial charge in [-0.2, -0.15) is 0 Å². The molecule has 0 unspecified atom stereocenters. The summed E-state index contributed by atoms with van der Waals surface area (Å²) in [6, 6.07) is 10.6. The van der Waals surface area contributed by atoms with Crippen molar-refractivity contribution >= 4 is 32.8 Å². The zero-order chi connectivity index (χ0) is 11.1. The van der Waals surface area contributed by atoms with Crippen LogP contribution in [0.5, 0.6) is 0 Å². The van der Waals surface area contributed by atoms with Crippen LogP contribution in [0.1, 0.15) is 19.4 Å². The van der Waals surface area contributed by atoms with Crippen molar-refractivity contribution in [1.29, 1.82) is 0 Å². The van der Waals surface area contributed by atoms with E-state index in [1.807, 2.05) is 11.8 Å². The first-order chi connectivity index (χ1) is 7.22. The van der Waals surface area contributed by atoms with Gasteiger partial charge in [0.1, 0.15) is 0 Å². The van der Waals surface area contributed by atoms with E-state index in [2.05, 4.69) is 56.1 Å². The molecule has 0 saturated heterocycles. The van der Waals surface area contributed by atoms with Gasteiger partial charge in [0.05, 0.1) is 0 Å². The molecule has 0 amide bonds. The second-order valence-electron chi connectivity index (χ2n) is 3.78. The van der Waals surface area contributed by atoms with Gasteiger partial charge >= 0.3 is 104 Å². The molecule has 0 aliphatic rings. The van der Waals surface area contributed by atoms with Gasteiger partial charge in [-0.25, -0.2) is 0 Å². The summed E-state index contributed by atoms with van der Waals surface area (Å²) in [7, 11) is 0. The number of thioether (sulfide) groups is 1. The Morgan fingerprint density at radius 3 is 2.53 bits per heavy atom. The topological polar surface area (TPSA) is 0 Å². The van der Waals surface area contributed by atoms with E-state index in [4.69, 9.17) is 0 Å². The third-order valence-electron chi connectivity index (χ3n) is 1.84. The molecule has 0 heterocycles. The van der Waals surface area contributed by atoms with Crippen LogP contribution in [0.25, 0.3) is 6.08 Å². The van der Waals surface area contributed by atoms with Crippen molar-refractivity contribution < 1.29 is 0 Å². The van der Waals surface area contributed by atoms with Crippen LogP contribution >= 0.6 is 11.8 Å². The predicted molar refractivity (Wildman–Crippen MR) is 73.3 cm³/mol. The SMILES string of the molecule is C[Se]/C(=C/c1ccccc1)SCC(C)C. The molecule has 0 nitrogen and oxygen atoms in total. The number of rotatable bonds is 5. The van der Waals surface area contributed by atoms with E-state index in [1.165, 1.54) is 11.3 Å². The molecule has 0 aliphatic heterocycles. The van der Waals surface area contributed by atoms with Crippen LogP contribution in [0, 0.1) is 5.92 Å². The summed E-state index contributed by atoms with van der Waals surface area (Å²) in [6.45, 7) is 4.55. The average Bonchev–Trinajstić information content (AvgIpc) is 2.25. The van der Waals surface area contributed by atoms with Gasteiger partial charge in [-0.05, 0) is 0 Å². The average molecular weight is 285 g/mol. The summed E-state index contributed by atoms with van der Waals surface area (Å²) >= 11 is 2.62. The van der Waals surface area contributed by atoms with Crippen molar-refractivity contribution in [2.75, 3.05) is 5.75 Å². The maximum absolute atomic E-state index is 2.33. The van der Waals surface area contributed by atoms with Gasteiger partial charge < -0.3 is 0 Å². The van der Waals surface area contributed by atoms with Gasteiger partial charge in [-0.1, -0.05) is 0 Å². The van der Waals surface area contributed by atoms with Crippen molar-refractivity contribution in [1.82, 2.24) is 0 Å². The molecule has 0 N–H and O–H groups in total. The first kappa shape index (κ1) is 12.9. The van der Waals surface area contributed by atoms with Crippen LogP contribution in [0.15, 0.2) is 34.1 Å². The second kappa shape index (κ2) is 7.16. The molecule has 1 rings (SSSR count). The van der Waals surface area contributed by atoms with Crippen LogP contribution < -0.4 is 0 Å². The number of benzene rings is 1. The van der Waals surface area contributed by atoms with E-state index >= 15 is 0 Å². The molecule has 0 aromatic heterocycles. The van der Waals surface area contributed by atoms with Crippen molar-refractivity contribution in [2.24, 2.45) is 5.92 Å². The Kier molecular flexibility index (Phi) is 6.16. The van der Waals surface area contributed by atoms with Crippen molar-refractivity contribution in [3.8, 4) is 0 Å². The van der Waals surface area contributed by atoms with Gasteiger partial charge in [0.15, 0.2) is 0 Å². The Bertz CT molecular complexity index is 304. The van der Waals surface area contributed by atoms with Crippen LogP contribution in [0.2, 0.25) is 5.82 Å². The van der Waals surface area contributed by atoms with E-state index < -0.39 is 0 Å². The first-order valence-corrected chi connectivity index (χ1v) is 8.71. The Balaban J connectivity index is 2.62. The Labute approximate surface area is 104 Å². The zero-order valence-corrected chi connectivity index (χ0v) is 12.1. The van der Waals surface area contributed by atoms with E-state index in [0.717, 1.165) is 5.92 Å². The summed E-state index contributed by atoms with van der Waals surface area (Å²) in [5.74, 6) is 4.29. The summed E-state index contributed by atoms with van der Waals surface area (Å²) in [6.07, 6.45) is 2.33. The molecular formula is C13H18SSe. The summed E-state index contributed by atoms with van der Waals surface area (Å²) in [5.41, 5.74) is 1.33. The summed E-state index contributed by atoms with van der Waals surface area (Å²) in [5, 5.41) is 0. The molecule has 2 heteroatoms. The van der Waals surface area contributed by atoms with E-state index in [9.17, 15) is 0 Å². The summed E-state index contributed by atoms with van der Waals surface area (Å²) < 4.78 is 1.54. The molecule has 0 aliphatic carbocycles. The van der Waals surface area contributed by atoms with Crippen LogP contribution in [0.3, 0.4) is 0 Å². The molecule has 0 fully saturated rings. The zero-order valence-electron chi connectivity index (χ0n) is 9.57. The van der Waals surface area contributed by atoms with E-state index in [0.29, 0.717) is 15.0 Å². The molecule has 1 aromatic rings. The Morgan fingerprint density at radius 2 is 2.00 bits per heavy atom. The quantitative estimate of drug-likeness (QED) is 0.733. The van der Waals surface area contributed by atoms with Gasteiger partial charge in [-0.3, -0.25) is 0 Å². The van der Waals surface area contributed by atoms with Gasteiger partial charge in [0.25, 0.3) is 0 Å². The number of hydrogen-bond acceptors (Lipinski definition) is 1. The summed E-state index contributed by atoms with van der Waals surface area (Å²) in [4.78, 5) is 0. The fraction of sp³-hybridized carbons (Fsp3) is 0.385. The fourth-order valence-electron chi connectivity index (χ4n) is 1.09. The minimum atomic E-state index is 0.607. The fourth-order valence-corrected chi connectivity index (χ4v) is 3.63. The predicted octanol–water partition coefficient (Wildman–Crippen LogP) is 4.13. The van der Waals surface area contributed by atoms with E-state index in [1.54, 1.807) is 3.80 Å². The molecule has 0 atom stereocenters. The maximum atomic E-state index is 2.33. The molecule has 0 radical (unpaired) electrons. The molecular weight excluding hydrogens is 267 g/mol. The Morgan fingerprint density at radius 1 is 1.33 bits per heavy atom. The van der Waals surface area contributed by atoms with Gasteiger partial charge in [0.2, 0.25) is 0 Å². The van der Waals surface area contributed by atoms with Gasteiger partial charge in [-0.15, -0.1) is 0 Å². The van der Waals surface area contributed by atoms with Gasteiger partial charge in [0, 0.05) is 0 Å². The minimum absolute atomic E-state index is 0.607. The van der Waals surface area contributed by atoms with Crippen LogP contribution in [-0.2, 0) is 0 Å². The van der Waals surface area contributed by atoms with E-state index in [-0.39, 0.29) is 0 Å². The monoisotopic (exact) mass is 286 g/mol. The third kappa shape index (κ3) is 5.46. The second-order valence-corrected chi connectivity index (χ2v) is 7.21. The molecule has 15 heavy (non-hydrogen) atoms. The first-order valence-electron chi connectivity index (χ1n) is 5.16. The van der Waals surface area contributed by atoms with Crippen LogP contribution in [-0.4, -0.2) is 20.7 Å². The molecule has 0 bridgehead atoms.